The number of amides is 1. The first-order valence-electron chi connectivity index (χ1n) is 8.16. The summed E-state index contributed by atoms with van der Waals surface area (Å²) in [6.07, 6.45) is 0. The first kappa shape index (κ1) is 20.5. The summed E-state index contributed by atoms with van der Waals surface area (Å²) in [5, 5.41) is 2.81. The van der Waals surface area contributed by atoms with E-state index in [0.717, 1.165) is 14.7 Å². The van der Waals surface area contributed by atoms with Crippen LogP contribution in [-0.2, 0) is 16.6 Å². The predicted octanol–water partition coefficient (Wildman–Crippen LogP) is 4.69. The van der Waals surface area contributed by atoms with E-state index in [9.17, 15) is 17.6 Å². The van der Waals surface area contributed by atoms with Crippen molar-refractivity contribution in [2.45, 2.75) is 18.4 Å². The zero-order chi connectivity index (χ0) is 20.3. The maximum absolute atomic E-state index is 13.4. The Morgan fingerprint density at radius 2 is 1.82 bits per heavy atom. The average molecular weight is 483 g/mol. The van der Waals surface area contributed by atoms with E-state index < -0.39 is 15.8 Å². The molecule has 3 aromatic rings. The highest BCUT2D eigenvalue weighted by atomic mass is 79.9. The molecule has 28 heavy (non-hydrogen) atoms. The molecule has 0 bridgehead atoms. The molecule has 146 valence electrons. The minimum Gasteiger partial charge on any atom is -0.347 e. The van der Waals surface area contributed by atoms with Crippen LogP contribution in [0.4, 0.5) is 10.1 Å². The fourth-order valence-electron chi connectivity index (χ4n) is 2.40. The summed E-state index contributed by atoms with van der Waals surface area (Å²) in [4.78, 5) is 13.2. The van der Waals surface area contributed by atoms with E-state index in [1.54, 1.807) is 0 Å². The van der Waals surface area contributed by atoms with Crippen molar-refractivity contribution in [2.75, 3.05) is 4.72 Å². The maximum Gasteiger partial charge on any atom is 0.261 e. The summed E-state index contributed by atoms with van der Waals surface area (Å²) in [5.41, 5.74) is 0.963. The SMILES string of the molecule is Cc1cc(S(=O)(=O)Nc2ccc(C(=O)NCc3ccc(Br)s3)cc2)ccc1F. The second kappa shape index (κ2) is 8.42. The molecule has 3 rings (SSSR count). The molecule has 0 aliphatic rings. The zero-order valence-electron chi connectivity index (χ0n) is 14.7. The molecule has 0 aliphatic heterocycles. The molecule has 0 aliphatic carbocycles. The molecule has 0 unspecified atom stereocenters. The van der Waals surface area contributed by atoms with Crippen molar-refractivity contribution in [2.24, 2.45) is 0 Å². The van der Waals surface area contributed by atoms with Gasteiger partial charge < -0.3 is 5.32 Å². The van der Waals surface area contributed by atoms with Crippen LogP contribution in [-0.4, -0.2) is 14.3 Å². The van der Waals surface area contributed by atoms with Gasteiger partial charge in [-0.15, -0.1) is 11.3 Å². The highest BCUT2D eigenvalue weighted by Crippen LogP contribution is 2.22. The van der Waals surface area contributed by atoms with E-state index in [-0.39, 0.29) is 16.4 Å². The van der Waals surface area contributed by atoms with Crippen molar-refractivity contribution < 1.29 is 17.6 Å². The van der Waals surface area contributed by atoms with Crippen molar-refractivity contribution in [3.05, 3.63) is 80.2 Å². The molecule has 0 radical (unpaired) electrons. The number of anilines is 1. The van der Waals surface area contributed by atoms with Crippen molar-refractivity contribution in [1.29, 1.82) is 0 Å². The van der Waals surface area contributed by atoms with Crippen molar-refractivity contribution in [3.63, 3.8) is 0 Å². The number of benzene rings is 2. The number of carbonyl (C=O) groups excluding carboxylic acids is 1. The van der Waals surface area contributed by atoms with Gasteiger partial charge in [0.15, 0.2) is 0 Å². The van der Waals surface area contributed by atoms with E-state index in [1.807, 2.05) is 12.1 Å². The number of halogens is 2. The van der Waals surface area contributed by atoms with Gasteiger partial charge in [-0.1, -0.05) is 0 Å². The number of sulfonamides is 1. The molecule has 2 aromatic carbocycles. The number of nitrogens with one attached hydrogen (secondary N) is 2. The van der Waals surface area contributed by atoms with Crippen molar-refractivity contribution in [1.82, 2.24) is 5.32 Å². The molecule has 0 fully saturated rings. The number of thiophene rings is 1. The summed E-state index contributed by atoms with van der Waals surface area (Å²) in [6, 6.07) is 13.5. The molecule has 0 saturated heterocycles. The largest absolute Gasteiger partial charge is 0.347 e. The molecular weight excluding hydrogens is 467 g/mol. The first-order chi connectivity index (χ1) is 13.2. The molecular formula is C19H16BrFN2O3S2. The normalized spacial score (nSPS) is 11.2. The lowest BCUT2D eigenvalue weighted by Gasteiger charge is -2.10. The van der Waals surface area contributed by atoms with E-state index in [4.69, 9.17) is 0 Å². The van der Waals surface area contributed by atoms with Crippen LogP contribution in [0.15, 0.2) is 63.3 Å². The Bertz CT molecular complexity index is 1110. The molecule has 0 saturated carbocycles. The van der Waals surface area contributed by atoms with Crippen LogP contribution in [0.1, 0.15) is 20.8 Å². The number of carbonyl (C=O) groups is 1. The number of hydrogen-bond acceptors (Lipinski definition) is 4. The standard InChI is InChI=1S/C19H16BrFN2O3S2/c1-12-10-16(7-8-17(12)21)28(25,26)23-14-4-2-13(3-5-14)19(24)22-11-15-6-9-18(20)27-15/h2-10,23H,11H2,1H3,(H,22,24). The van der Waals surface area contributed by atoms with E-state index in [2.05, 4.69) is 26.0 Å². The molecule has 0 spiro atoms. The molecule has 1 heterocycles. The Hall–Kier alpha value is -2.23. The number of hydrogen-bond donors (Lipinski definition) is 2. The number of aryl methyl sites for hydroxylation is 1. The fraction of sp³-hybridized carbons (Fsp3) is 0.105. The van der Waals surface area contributed by atoms with E-state index in [1.165, 1.54) is 54.7 Å². The molecule has 2 N–H and O–H groups in total. The summed E-state index contributed by atoms with van der Waals surface area (Å²) in [7, 11) is -3.85. The first-order valence-corrected chi connectivity index (χ1v) is 11.3. The van der Waals surface area contributed by atoms with Crippen LogP contribution in [0.3, 0.4) is 0 Å². The number of rotatable bonds is 6. The van der Waals surface area contributed by atoms with Crippen molar-refractivity contribution >= 4 is 48.9 Å². The second-order valence-corrected chi connectivity index (χ2v) is 10.2. The topological polar surface area (TPSA) is 75.3 Å². The Balaban J connectivity index is 1.66. The second-order valence-electron chi connectivity index (χ2n) is 5.98. The lowest BCUT2D eigenvalue weighted by Crippen LogP contribution is -2.22. The van der Waals surface area contributed by atoms with Crippen LogP contribution in [0.2, 0.25) is 0 Å². The molecule has 1 aromatic heterocycles. The van der Waals surface area contributed by atoms with Gasteiger partial charge in [-0.2, -0.15) is 0 Å². The lowest BCUT2D eigenvalue weighted by molar-refractivity contribution is 0.0951. The van der Waals surface area contributed by atoms with Crippen LogP contribution < -0.4 is 10.0 Å². The Labute approximate surface area is 174 Å². The zero-order valence-corrected chi connectivity index (χ0v) is 17.9. The summed E-state index contributed by atoms with van der Waals surface area (Å²) < 4.78 is 41.6. The van der Waals surface area contributed by atoms with Gasteiger partial charge in [-0.25, -0.2) is 12.8 Å². The third-order valence-electron chi connectivity index (χ3n) is 3.89. The molecule has 5 nitrogen and oxygen atoms in total. The highest BCUT2D eigenvalue weighted by molar-refractivity contribution is 9.11. The van der Waals surface area contributed by atoms with Gasteiger partial charge in [0, 0.05) is 16.1 Å². The molecule has 9 heteroatoms. The van der Waals surface area contributed by atoms with E-state index in [0.29, 0.717) is 17.8 Å². The van der Waals surface area contributed by atoms with Gasteiger partial charge in [-0.3, -0.25) is 9.52 Å². The summed E-state index contributed by atoms with van der Waals surface area (Å²) in [5.74, 6) is -0.725. The van der Waals surface area contributed by atoms with Gasteiger partial charge in [0.05, 0.1) is 15.2 Å². The van der Waals surface area contributed by atoms with Gasteiger partial charge in [-0.05, 0) is 83.0 Å². The fourth-order valence-corrected chi connectivity index (χ4v) is 4.97. The summed E-state index contributed by atoms with van der Waals surface area (Å²) in [6.45, 7) is 1.91. The van der Waals surface area contributed by atoms with Crippen molar-refractivity contribution in [3.8, 4) is 0 Å². The van der Waals surface area contributed by atoms with Crippen LogP contribution >= 0.6 is 27.3 Å². The monoisotopic (exact) mass is 482 g/mol. The quantitative estimate of drug-likeness (QED) is 0.534. The smallest absolute Gasteiger partial charge is 0.261 e. The molecule has 1 amide bonds. The van der Waals surface area contributed by atoms with Gasteiger partial charge in [0.2, 0.25) is 0 Å². The third kappa shape index (κ3) is 4.98. The van der Waals surface area contributed by atoms with Gasteiger partial charge >= 0.3 is 0 Å². The molecule has 0 atom stereocenters. The average Bonchev–Trinajstić information content (AvgIpc) is 3.07. The van der Waals surface area contributed by atoms with E-state index >= 15 is 0 Å². The predicted molar refractivity (Wildman–Crippen MR) is 112 cm³/mol. The highest BCUT2D eigenvalue weighted by Gasteiger charge is 2.16. The van der Waals surface area contributed by atoms with Gasteiger partial charge in [0.1, 0.15) is 5.82 Å². The van der Waals surface area contributed by atoms with Gasteiger partial charge in [0.25, 0.3) is 15.9 Å². The van der Waals surface area contributed by atoms with Crippen LogP contribution in [0.5, 0.6) is 0 Å². The van der Waals surface area contributed by atoms with Crippen LogP contribution in [0, 0.1) is 12.7 Å². The lowest BCUT2D eigenvalue weighted by atomic mass is 10.2. The Morgan fingerprint density at radius 3 is 2.43 bits per heavy atom. The minimum absolute atomic E-state index is 0.0321. The minimum atomic E-state index is -3.85. The summed E-state index contributed by atoms with van der Waals surface area (Å²) >= 11 is 4.91. The Morgan fingerprint density at radius 1 is 1.11 bits per heavy atom. The Kier molecular flexibility index (Phi) is 6.17. The van der Waals surface area contributed by atoms with Crippen LogP contribution in [0.25, 0.3) is 0 Å². The maximum atomic E-state index is 13.4. The third-order valence-corrected chi connectivity index (χ3v) is 6.89.